The molecule has 1 amide bonds. The van der Waals surface area contributed by atoms with Crippen molar-refractivity contribution in [1.29, 1.82) is 5.26 Å². The molecule has 2 N–H and O–H groups in total. The van der Waals surface area contributed by atoms with Crippen LogP contribution >= 0.6 is 0 Å². The van der Waals surface area contributed by atoms with Crippen molar-refractivity contribution in [1.82, 2.24) is 4.90 Å². The Hall–Kier alpha value is -2.31. The minimum atomic E-state index is -4.63. The molecule has 0 aliphatic carbocycles. The van der Waals surface area contributed by atoms with Crippen LogP contribution in [0.2, 0.25) is 0 Å². The van der Waals surface area contributed by atoms with E-state index in [1.54, 1.807) is 22.8 Å². The smallest absolute Gasteiger partial charge is 0.344 e. The standard InChI is InChI=1S/C17H19F3N4O2/c1-10-24(9-15(26-10)16(25)23-5-4-12(22)8-23)13-3-2-11(7-21)14(6-13)17(18,19)20/h2-3,6,10,12,15H,4-5,8-9,22H2,1H3/t10-,12-,15+/m1/s1. The molecule has 0 radical (unpaired) electrons. The normalized spacial score (nSPS) is 26.2. The van der Waals surface area contributed by atoms with Crippen molar-refractivity contribution in [2.75, 3.05) is 24.5 Å². The first-order chi connectivity index (χ1) is 12.2. The lowest BCUT2D eigenvalue weighted by molar-refractivity contribution is -0.141. The van der Waals surface area contributed by atoms with Crippen LogP contribution in [0.15, 0.2) is 18.2 Å². The summed E-state index contributed by atoms with van der Waals surface area (Å²) in [5.41, 5.74) is 4.64. The van der Waals surface area contributed by atoms with Crippen LogP contribution < -0.4 is 10.6 Å². The van der Waals surface area contributed by atoms with Gasteiger partial charge in [-0.3, -0.25) is 4.79 Å². The van der Waals surface area contributed by atoms with E-state index in [-0.39, 0.29) is 24.2 Å². The predicted molar refractivity (Wildman–Crippen MR) is 87.0 cm³/mol. The Morgan fingerprint density at radius 1 is 1.38 bits per heavy atom. The van der Waals surface area contributed by atoms with E-state index in [0.717, 1.165) is 18.6 Å². The molecule has 140 valence electrons. The number of nitrogens with zero attached hydrogens (tertiary/aromatic N) is 3. The maximum atomic E-state index is 13.2. The number of carbonyl (C=O) groups is 1. The van der Waals surface area contributed by atoms with Crippen LogP contribution in [-0.2, 0) is 15.7 Å². The van der Waals surface area contributed by atoms with Gasteiger partial charge in [0.15, 0.2) is 6.10 Å². The number of hydrogen-bond acceptors (Lipinski definition) is 5. The van der Waals surface area contributed by atoms with Gasteiger partial charge in [0.2, 0.25) is 0 Å². The Bertz CT molecular complexity index is 747. The van der Waals surface area contributed by atoms with Gasteiger partial charge in [0.05, 0.1) is 23.7 Å². The first-order valence-corrected chi connectivity index (χ1v) is 8.28. The van der Waals surface area contributed by atoms with Crippen LogP contribution in [0.1, 0.15) is 24.5 Å². The molecule has 0 aromatic heterocycles. The largest absolute Gasteiger partial charge is 0.417 e. The molecule has 2 saturated heterocycles. The highest BCUT2D eigenvalue weighted by Crippen LogP contribution is 2.36. The van der Waals surface area contributed by atoms with Gasteiger partial charge in [-0.1, -0.05) is 0 Å². The molecule has 26 heavy (non-hydrogen) atoms. The third-order valence-corrected chi connectivity index (χ3v) is 4.74. The topological polar surface area (TPSA) is 82.6 Å². The summed E-state index contributed by atoms with van der Waals surface area (Å²) >= 11 is 0. The second kappa shape index (κ2) is 6.78. The fraction of sp³-hybridized carbons (Fsp3) is 0.529. The van der Waals surface area contributed by atoms with Crippen LogP contribution in [0.25, 0.3) is 0 Å². The van der Waals surface area contributed by atoms with Gasteiger partial charge >= 0.3 is 6.18 Å². The van der Waals surface area contributed by atoms with E-state index < -0.39 is 29.6 Å². The molecule has 1 aromatic rings. The summed E-state index contributed by atoms with van der Waals surface area (Å²) in [5, 5.41) is 8.90. The Labute approximate surface area is 148 Å². The van der Waals surface area contributed by atoms with Gasteiger partial charge in [0, 0.05) is 24.8 Å². The zero-order valence-electron chi connectivity index (χ0n) is 14.2. The number of likely N-dealkylation sites (tertiary alicyclic amines) is 1. The fourth-order valence-corrected chi connectivity index (χ4v) is 3.37. The summed E-state index contributed by atoms with van der Waals surface area (Å²) in [6.45, 7) is 2.84. The van der Waals surface area contributed by atoms with Crippen LogP contribution in [0.3, 0.4) is 0 Å². The fourth-order valence-electron chi connectivity index (χ4n) is 3.37. The van der Waals surface area contributed by atoms with Gasteiger partial charge in [-0.05, 0) is 31.5 Å². The number of amides is 1. The van der Waals surface area contributed by atoms with Crippen molar-refractivity contribution in [2.24, 2.45) is 5.73 Å². The Morgan fingerprint density at radius 3 is 2.69 bits per heavy atom. The number of alkyl halides is 3. The van der Waals surface area contributed by atoms with E-state index in [2.05, 4.69) is 0 Å². The number of nitrogens with two attached hydrogens (primary N) is 1. The van der Waals surface area contributed by atoms with E-state index >= 15 is 0 Å². The molecule has 2 heterocycles. The maximum Gasteiger partial charge on any atom is 0.417 e. The lowest BCUT2D eigenvalue weighted by atomic mass is 10.1. The molecule has 3 atom stereocenters. The van der Waals surface area contributed by atoms with Crippen molar-refractivity contribution in [3.05, 3.63) is 29.3 Å². The molecule has 2 aliphatic rings. The van der Waals surface area contributed by atoms with Gasteiger partial charge in [0.1, 0.15) is 6.23 Å². The zero-order valence-corrected chi connectivity index (χ0v) is 14.2. The van der Waals surface area contributed by atoms with E-state index in [1.165, 1.54) is 6.07 Å². The molecule has 3 rings (SSSR count). The van der Waals surface area contributed by atoms with Crippen molar-refractivity contribution in [2.45, 2.75) is 37.9 Å². The van der Waals surface area contributed by atoms with E-state index in [9.17, 15) is 18.0 Å². The molecule has 0 unspecified atom stereocenters. The quantitative estimate of drug-likeness (QED) is 0.859. The Kier molecular flexibility index (Phi) is 4.82. The lowest BCUT2D eigenvalue weighted by Crippen LogP contribution is -2.41. The third kappa shape index (κ3) is 3.48. The van der Waals surface area contributed by atoms with Crippen LogP contribution in [0.4, 0.5) is 18.9 Å². The van der Waals surface area contributed by atoms with Gasteiger partial charge in [0.25, 0.3) is 5.91 Å². The van der Waals surface area contributed by atoms with Crippen molar-refractivity contribution in [3.63, 3.8) is 0 Å². The van der Waals surface area contributed by atoms with E-state index in [4.69, 9.17) is 15.7 Å². The second-order valence-electron chi connectivity index (χ2n) is 6.55. The molecular weight excluding hydrogens is 349 g/mol. The highest BCUT2D eigenvalue weighted by Gasteiger charge is 2.40. The molecule has 9 heteroatoms. The molecule has 1 aromatic carbocycles. The van der Waals surface area contributed by atoms with Crippen molar-refractivity contribution < 1.29 is 22.7 Å². The number of anilines is 1. The van der Waals surface area contributed by atoms with Crippen molar-refractivity contribution in [3.8, 4) is 6.07 Å². The number of rotatable bonds is 2. The SMILES string of the molecule is C[C@H]1O[C@H](C(=O)N2CC[C@@H](N)C2)CN1c1ccc(C#N)c(C(F)(F)F)c1. The monoisotopic (exact) mass is 368 g/mol. The molecule has 2 fully saturated rings. The number of nitriles is 1. The number of carbonyl (C=O) groups excluding carboxylic acids is 1. The minimum absolute atomic E-state index is 0.0539. The number of benzene rings is 1. The van der Waals surface area contributed by atoms with E-state index in [0.29, 0.717) is 13.1 Å². The van der Waals surface area contributed by atoms with E-state index in [1.807, 2.05) is 0 Å². The summed E-state index contributed by atoms with van der Waals surface area (Å²) in [5.74, 6) is -0.197. The summed E-state index contributed by atoms with van der Waals surface area (Å²) < 4.78 is 45.2. The molecular formula is C17H19F3N4O2. The van der Waals surface area contributed by atoms with Crippen LogP contribution in [0, 0.1) is 11.3 Å². The molecule has 0 saturated carbocycles. The van der Waals surface area contributed by atoms with Crippen molar-refractivity contribution >= 4 is 11.6 Å². The average molecular weight is 368 g/mol. The lowest BCUT2D eigenvalue weighted by Gasteiger charge is -2.23. The first kappa shape index (κ1) is 18.5. The highest BCUT2D eigenvalue weighted by molar-refractivity contribution is 5.82. The van der Waals surface area contributed by atoms with Gasteiger partial charge in [-0.15, -0.1) is 0 Å². The highest BCUT2D eigenvalue weighted by atomic mass is 19.4. The Balaban J connectivity index is 1.80. The molecule has 0 spiro atoms. The third-order valence-electron chi connectivity index (χ3n) is 4.74. The zero-order chi connectivity index (χ0) is 19.1. The van der Waals surface area contributed by atoms with Crippen LogP contribution in [-0.4, -0.2) is 48.8 Å². The molecule has 0 bridgehead atoms. The molecule has 6 nitrogen and oxygen atoms in total. The minimum Gasteiger partial charge on any atom is -0.344 e. The Morgan fingerprint density at radius 2 is 2.12 bits per heavy atom. The summed E-state index contributed by atoms with van der Waals surface area (Å²) in [7, 11) is 0. The van der Waals surface area contributed by atoms with Gasteiger partial charge in [-0.25, -0.2) is 0 Å². The number of ether oxygens (including phenoxy) is 1. The maximum absolute atomic E-state index is 13.2. The number of hydrogen-bond donors (Lipinski definition) is 1. The summed E-state index contributed by atoms with van der Waals surface area (Å²) in [4.78, 5) is 15.8. The average Bonchev–Trinajstić information content (AvgIpc) is 3.19. The molecule has 2 aliphatic heterocycles. The predicted octanol–water partition coefficient (Wildman–Crippen LogP) is 1.69. The first-order valence-electron chi connectivity index (χ1n) is 8.28. The van der Waals surface area contributed by atoms with Crippen LogP contribution in [0.5, 0.6) is 0 Å². The number of halogens is 3. The summed E-state index contributed by atoms with van der Waals surface area (Å²) in [6, 6.07) is 5.01. The summed E-state index contributed by atoms with van der Waals surface area (Å²) in [6.07, 6.45) is -5.22. The van der Waals surface area contributed by atoms with Gasteiger partial charge < -0.3 is 20.3 Å². The second-order valence-corrected chi connectivity index (χ2v) is 6.55. The van der Waals surface area contributed by atoms with Gasteiger partial charge in [-0.2, -0.15) is 18.4 Å².